The van der Waals surface area contributed by atoms with E-state index in [1.54, 1.807) is 0 Å². The molecular weight excluding hydrogens is 264 g/mol. The van der Waals surface area contributed by atoms with Gasteiger partial charge in [-0.1, -0.05) is 39.0 Å². The van der Waals surface area contributed by atoms with Crippen molar-refractivity contribution in [2.75, 3.05) is 6.54 Å². The molecule has 0 aromatic rings. The second-order valence-electron chi connectivity index (χ2n) is 7.12. The summed E-state index contributed by atoms with van der Waals surface area (Å²) in [7, 11) is 0. The lowest BCUT2D eigenvalue weighted by Gasteiger charge is -2.47. The van der Waals surface area contributed by atoms with E-state index in [0.29, 0.717) is 5.92 Å². The van der Waals surface area contributed by atoms with Crippen molar-refractivity contribution in [1.82, 2.24) is 10.2 Å². The molecule has 4 heteroatoms. The predicted octanol–water partition coefficient (Wildman–Crippen LogP) is 2.62. The predicted molar refractivity (Wildman–Crippen MR) is 81.7 cm³/mol. The molecule has 1 unspecified atom stereocenters. The zero-order chi connectivity index (χ0) is 14.9. The number of nitrogens with one attached hydrogen (secondary N) is 1. The van der Waals surface area contributed by atoms with Crippen LogP contribution < -0.4 is 5.32 Å². The van der Waals surface area contributed by atoms with Gasteiger partial charge in [-0.05, 0) is 38.0 Å². The average molecular weight is 292 g/mol. The van der Waals surface area contributed by atoms with E-state index in [4.69, 9.17) is 0 Å². The first-order valence-corrected chi connectivity index (χ1v) is 8.81. The van der Waals surface area contributed by atoms with Crippen LogP contribution >= 0.6 is 0 Å². The maximum atomic E-state index is 13.0. The first-order valence-electron chi connectivity index (χ1n) is 8.81. The highest BCUT2D eigenvalue weighted by Crippen LogP contribution is 2.38. The van der Waals surface area contributed by atoms with Crippen LogP contribution in [0.3, 0.4) is 0 Å². The Hall–Kier alpha value is -1.06. The minimum atomic E-state index is -0.558. The largest absolute Gasteiger partial charge is 0.340 e. The third kappa shape index (κ3) is 2.58. The summed E-state index contributed by atoms with van der Waals surface area (Å²) in [4.78, 5) is 27.8. The van der Waals surface area contributed by atoms with Crippen molar-refractivity contribution in [3.05, 3.63) is 0 Å². The molecule has 1 N–H and O–H groups in total. The van der Waals surface area contributed by atoms with Gasteiger partial charge < -0.3 is 10.2 Å². The van der Waals surface area contributed by atoms with Gasteiger partial charge in [0.25, 0.3) is 0 Å². The number of hydrogen-bond acceptors (Lipinski definition) is 2. The van der Waals surface area contributed by atoms with E-state index < -0.39 is 5.54 Å². The Bertz CT molecular complexity index is 409. The number of nitrogens with zero attached hydrogens (tertiary/aromatic N) is 1. The van der Waals surface area contributed by atoms with Gasteiger partial charge in [0.05, 0.1) is 0 Å². The summed E-state index contributed by atoms with van der Waals surface area (Å²) in [5, 5.41) is 3.15. The van der Waals surface area contributed by atoms with Crippen molar-refractivity contribution in [2.45, 2.75) is 82.7 Å². The van der Waals surface area contributed by atoms with Gasteiger partial charge in [-0.2, -0.15) is 0 Å². The SMILES string of the molecule is CCCN1C(=O)C2(CCCC2)NC(=O)C1C1CCCCC1. The third-order valence-corrected chi connectivity index (χ3v) is 5.66. The van der Waals surface area contributed by atoms with Crippen LogP contribution in [0.25, 0.3) is 0 Å². The van der Waals surface area contributed by atoms with Crippen LogP contribution in [-0.2, 0) is 9.59 Å². The van der Waals surface area contributed by atoms with Crippen LogP contribution in [-0.4, -0.2) is 34.8 Å². The molecule has 0 aromatic carbocycles. The second-order valence-corrected chi connectivity index (χ2v) is 7.12. The second kappa shape index (κ2) is 5.98. The van der Waals surface area contributed by atoms with Gasteiger partial charge in [0.1, 0.15) is 11.6 Å². The molecule has 3 fully saturated rings. The lowest BCUT2D eigenvalue weighted by Crippen LogP contribution is -2.71. The molecule has 3 aliphatic rings. The highest BCUT2D eigenvalue weighted by molar-refractivity contribution is 6.00. The molecule has 21 heavy (non-hydrogen) atoms. The topological polar surface area (TPSA) is 49.4 Å². The highest BCUT2D eigenvalue weighted by Gasteiger charge is 2.53. The van der Waals surface area contributed by atoms with Gasteiger partial charge in [-0.25, -0.2) is 0 Å². The molecule has 0 aromatic heterocycles. The molecule has 2 aliphatic carbocycles. The molecule has 1 saturated heterocycles. The maximum absolute atomic E-state index is 13.0. The number of amides is 2. The van der Waals surface area contributed by atoms with E-state index in [1.807, 2.05) is 4.90 Å². The number of piperazine rings is 1. The van der Waals surface area contributed by atoms with E-state index in [0.717, 1.165) is 51.5 Å². The Balaban J connectivity index is 1.85. The summed E-state index contributed by atoms with van der Waals surface area (Å²) in [6.07, 6.45) is 10.6. The lowest BCUT2D eigenvalue weighted by molar-refractivity contribution is -0.157. The Morgan fingerprint density at radius 3 is 2.38 bits per heavy atom. The molecule has 2 amide bonds. The molecule has 1 spiro atoms. The lowest BCUT2D eigenvalue weighted by atomic mass is 9.79. The first-order chi connectivity index (χ1) is 10.2. The first kappa shape index (κ1) is 14.9. The molecular formula is C17H28N2O2. The van der Waals surface area contributed by atoms with Crippen LogP contribution in [0.1, 0.15) is 71.1 Å². The molecule has 118 valence electrons. The quantitative estimate of drug-likeness (QED) is 0.869. The summed E-state index contributed by atoms with van der Waals surface area (Å²) in [6.45, 7) is 2.83. The molecule has 2 saturated carbocycles. The summed E-state index contributed by atoms with van der Waals surface area (Å²) in [5.74, 6) is 0.696. The molecule has 4 nitrogen and oxygen atoms in total. The molecule has 0 radical (unpaired) electrons. The zero-order valence-corrected chi connectivity index (χ0v) is 13.2. The van der Waals surface area contributed by atoms with E-state index in [2.05, 4.69) is 12.2 Å². The van der Waals surface area contributed by atoms with Crippen molar-refractivity contribution in [1.29, 1.82) is 0 Å². The Morgan fingerprint density at radius 2 is 1.76 bits per heavy atom. The smallest absolute Gasteiger partial charge is 0.249 e. The van der Waals surface area contributed by atoms with Crippen molar-refractivity contribution in [2.24, 2.45) is 5.92 Å². The number of rotatable bonds is 3. The van der Waals surface area contributed by atoms with Crippen molar-refractivity contribution >= 4 is 11.8 Å². The minimum Gasteiger partial charge on any atom is -0.340 e. The van der Waals surface area contributed by atoms with Gasteiger partial charge in [-0.15, -0.1) is 0 Å². The van der Waals surface area contributed by atoms with E-state index in [9.17, 15) is 9.59 Å². The Morgan fingerprint density at radius 1 is 1.10 bits per heavy atom. The van der Waals surface area contributed by atoms with Crippen LogP contribution in [0.4, 0.5) is 0 Å². The molecule has 1 heterocycles. The molecule has 3 rings (SSSR count). The number of hydrogen-bond donors (Lipinski definition) is 1. The molecule has 0 bridgehead atoms. The van der Waals surface area contributed by atoms with Gasteiger partial charge in [0.2, 0.25) is 11.8 Å². The standard InChI is InChI=1S/C17H28N2O2/c1-2-12-19-14(13-8-4-3-5-9-13)15(20)18-17(16(19)21)10-6-7-11-17/h13-14H,2-12H2,1H3,(H,18,20). The zero-order valence-electron chi connectivity index (χ0n) is 13.2. The summed E-state index contributed by atoms with van der Waals surface area (Å²) in [5.41, 5.74) is -0.558. The summed E-state index contributed by atoms with van der Waals surface area (Å²) in [6, 6.07) is -0.205. The van der Waals surface area contributed by atoms with Crippen molar-refractivity contribution in [3.63, 3.8) is 0 Å². The number of carbonyl (C=O) groups excluding carboxylic acids is 2. The van der Waals surface area contributed by atoms with Gasteiger partial charge in [0.15, 0.2) is 0 Å². The van der Waals surface area contributed by atoms with Crippen molar-refractivity contribution < 1.29 is 9.59 Å². The minimum absolute atomic E-state index is 0.122. The van der Waals surface area contributed by atoms with Crippen LogP contribution in [0.5, 0.6) is 0 Å². The van der Waals surface area contributed by atoms with E-state index >= 15 is 0 Å². The third-order valence-electron chi connectivity index (χ3n) is 5.66. The van der Waals surface area contributed by atoms with Crippen LogP contribution in [0, 0.1) is 5.92 Å². The normalized spacial score (nSPS) is 30.0. The fraction of sp³-hybridized carbons (Fsp3) is 0.882. The fourth-order valence-corrected chi connectivity index (χ4v) is 4.62. The van der Waals surface area contributed by atoms with Gasteiger partial charge in [0, 0.05) is 6.54 Å². The fourth-order valence-electron chi connectivity index (χ4n) is 4.62. The van der Waals surface area contributed by atoms with Crippen LogP contribution in [0.15, 0.2) is 0 Å². The highest BCUT2D eigenvalue weighted by atomic mass is 16.2. The molecule has 1 atom stereocenters. The monoisotopic (exact) mass is 292 g/mol. The summed E-state index contributed by atoms with van der Waals surface area (Å²) < 4.78 is 0. The van der Waals surface area contributed by atoms with E-state index in [1.165, 1.54) is 19.3 Å². The van der Waals surface area contributed by atoms with Crippen molar-refractivity contribution in [3.8, 4) is 0 Å². The Kier molecular flexibility index (Phi) is 4.23. The summed E-state index contributed by atoms with van der Waals surface area (Å²) >= 11 is 0. The number of carbonyl (C=O) groups is 2. The molecule has 1 aliphatic heterocycles. The van der Waals surface area contributed by atoms with Crippen LogP contribution in [0.2, 0.25) is 0 Å². The van der Waals surface area contributed by atoms with Gasteiger partial charge >= 0.3 is 0 Å². The van der Waals surface area contributed by atoms with Gasteiger partial charge in [-0.3, -0.25) is 9.59 Å². The van der Waals surface area contributed by atoms with E-state index in [-0.39, 0.29) is 17.9 Å². The Labute approximate surface area is 127 Å². The average Bonchev–Trinajstić information content (AvgIpc) is 2.95. The maximum Gasteiger partial charge on any atom is 0.249 e.